The Labute approximate surface area is 259 Å². The summed E-state index contributed by atoms with van der Waals surface area (Å²) in [6, 6.07) is 26.5. The van der Waals surface area contributed by atoms with Crippen LogP contribution in [-0.4, -0.2) is 23.0 Å². The lowest BCUT2D eigenvalue weighted by Crippen LogP contribution is -2.30. The number of hydrogen-bond donors (Lipinski definition) is 3. The first-order valence-electron chi connectivity index (χ1n) is 13.1. The van der Waals surface area contributed by atoms with Gasteiger partial charge in [-0.15, -0.1) is 11.8 Å². The molecule has 0 aromatic heterocycles. The van der Waals surface area contributed by atoms with Gasteiger partial charge in [0.15, 0.2) is 0 Å². The molecule has 0 fully saturated rings. The third kappa shape index (κ3) is 8.03. The topological polar surface area (TPSA) is 87.3 Å². The van der Waals surface area contributed by atoms with E-state index in [1.165, 1.54) is 17.8 Å². The standard InChI is InChI=1S/C33H29Cl2N3O3S/c1-20-9-7-14-28(21(20)2)37-31(39)22(3)42-26-17-15-25(16-18-26)36-33(41)29(19-24-12-8-13-27(34)30(24)35)38-32(40)23-10-5-4-6-11-23/h4-19,22H,1-3H3,(H,36,41)(H,37,39)(H,38,40)/b29-19-. The van der Waals surface area contributed by atoms with Crippen molar-refractivity contribution in [2.75, 3.05) is 10.6 Å². The molecule has 1 unspecified atom stereocenters. The molecule has 0 spiro atoms. The number of anilines is 2. The number of aryl methyl sites for hydroxylation is 1. The molecule has 0 aliphatic heterocycles. The molecule has 0 saturated carbocycles. The summed E-state index contributed by atoms with van der Waals surface area (Å²) in [5.41, 5.74) is 4.31. The summed E-state index contributed by atoms with van der Waals surface area (Å²) in [7, 11) is 0. The van der Waals surface area contributed by atoms with E-state index in [0.717, 1.165) is 21.7 Å². The number of nitrogens with one attached hydrogen (secondary N) is 3. The molecule has 6 nitrogen and oxygen atoms in total. The molecule has 0 saturated heterocycles. The van der Waals surface area contributed by atoms with Crippen molar-refractivity contribution in [2.45, 2.75) is 30.9 Å². The average molecular weight is 619 g/mol. The summed E-state index contributed by atoms with van der Waals surface area (Å²) in [5, 5.41) is 8.73. The van der Waals surface area contributed by atoms with Crippen LogP contribution in [0, 0.1) is 13.8 Å². The van der Waals surface area contributed by atoms with Crippen molar-refractivity contribution in [3.63, 3.8) is 0 Å². The van der Waals surface area contributed by atoms with Crippen LogP contribution in [0.15, 0.2) is 102 Å². The molecule has 0 radical (unpaired) electrons. The van der Waals surface area contributed by atoms with Crippen LogP contribution in [0.5, 0.6) is 0 Å². The van der Waals surface area contributed by atoms with Crippen molar-refractivity contribution >= 4 is 70.1 Å². The van der Waals surface area contributed by atoms with Gasteiger partial charge in [-0.1, -0.05) is 65.7 Å². The van der Waals surface area contributed by atoms with Crippen molar-refractivity contribution in [3.05, 3.63) is 129 Å². The molecule has 0 aliphatic carbocycles. The van der Waals surface area contributed by atoms with Gasteiger partial charge in [-0.2, -0.15) is 0 Å². The number of carbonyl (C=O) groups is 3. The molecule has 1 atom stereocenters. The van der Waals surface area contributed by atoms with Gasteiger partial charge >= 0.3 is 0 Å². The Morgan fingerprint density at radius 1 is 0.810 bits per heavy atom. The predicted octanol–water partition coefficient (Wildman–Crippen LogP) is 8.14. The Morgan fingerprint density at radius 3 is 2.21 bits per heavy atom. The largest absolute Gasteiger partial charge is 0.325 e. The van der Waals surface area contributed by atoms with Gasteiger partial charge in [0.05, 0.1) is 15.3 Å². The van der Waals surface area contributed by atoms with E-state index in [1.807, 2.05) is 51.1 Å². The summed E-state index contributed by atoms with van der Waals surface area (Å²) in [5.74, 6) is -1.10. The second kappa shape index (κ2) is 14.2. The number of halogens is 2. The molecule has 3 N–H and O–H groups in total. The lowest BCUT2D eigenvalue weighted by Gasteiger charge is -2.15. The van der Waals surface area contributed by atoms with Crippen molar-refractivity contribution in [1.29, 1.82) is 0 Å². The molecule has 214 valence electrons. The maximum Gasteiger partial charge on any atom is 0.272 e. The van der Waals surface area contributed by atoms with E-state index in [2.05, 4.69) is 16.0 Å². The molecule has 4 rings (SSSR count). The number of hydrogen-bond acceptors (Lipinski definition) is 4. The number of thioether (sulfide) groups is 1. The van der Waals surface area contributed by atoms with Gasteiger partial charge in [-0.3, -0.25) is 14.4 Å². The summed E-state index contributed by atoms with van der Waals surface area (Å²) >= 11 is 13.9. The maximum absolute atomic E-state index is 13.3. The van der Waals surface area contributed by atoms with Gasteiger partial charge in [0.2, 0.25) is 5.91 Å². The average Bonchev–Trinajstić information content (AvgIpc) is 2.98. The van der Waals surface area contributed by atoms with Gasteiger partial charge < -0.3 is 16.0 Å². The van der Waals surface area contributed by atoms with E-state index in [4.69, 9.17) is 23.2 Å². The van der Waals surface area contributed by atoms with Gasteiger partial charge in [-0.05, 0) is 92.1 Å². The van der Waals surface area contributed by atoms with Crippen molar-refractivity contribution < 1.29 is 14.4 Å². The third-order valence-electron chi connectivity index (χ3n) is 6.47. The molecular formula is C33H29Cl2N3O3S. The fourth-order valence-corrected chi connectivity index (χ4v) is 5.15. The Kier molecular flexibility index (Phi) is 10.5. The molecule has 3 amide bonds. The normalized spacial score (nSPS) is 11.9. The minimum atomic E-state index is -0.544. The van der Waals surface area contributed by atoms with E-state index in [-0.39, 0.29) is 21.9 Å². The van der Waals surface area contributed by atoms with E-state index in [9.17, 15) is 14.4 Å². The SMILES string of the molecule is Cc1cccc(NC(=O)C(C)Sc2ccc(NC(=O)/C(=C/c3cccc(Cl)c3Cl)NC(=O)c3ccccc3)cc2)c1C. The molecule has 0 heterocycles. The molecule has 0 aliphatic rings. The lowest BCUT2D eigenvalue weighted by molar-refractivity contribution is -0.115. The summed E-state index contributed by atoms with van der Waals surface area (Å²) in [4.78, 5) is 39.9. The summed E-state index contributed by atoms with van der Waals surface area (Å²) < 4.78 is 0. The second-order valence-electron chi connectivity index (χ2n) is 9.50. The fraction of sp³-hybridized carbons (Fsp3) is 0.121. The Bertz CT molecular complexity index is 1640. The Morgan fingerprint density at radius 2 is 1.50 bits per heavy atom. The van der Waals surface area contributed by atoms with Crippen LogP contribution in [0.2, 0.25) is 10.0 Å². The second-order valence-corrected chi connectivity index (χ2v) is 11.7. The van der Waals surface area contributed by atoms with E-state index < -0.39 is 11.8 Å². The van der Waals surface area contributed by atoms with E-state index in [1.54, 1.807) is 60.7 Å². The van der Waals surface area contributed by atoms with Crippen molar-refractivity contribution in [1.82, 2.24) is 5.32 Å². The minimum Gasteiger partial charge on any atom is -0.325 e. The fourth-order valence-electron chi connectivity index (χ4n) is 3.92. The van der Waals surface area contributed by atoms with Crippen molar-refractivity contribution in [2.24, 2.45) is 0 Å². The van der Waals surface area contributed by atoms with Crippen LogP contribution >= 0.6 is 35.0 Å². The summed E-state index contributed by atoms with van der Waals surface area (Å²) in [6.45, 7) is 5.83. The number of benzene rings is 4. The Balaban J connectivity index is 1.46. The maximum atomic E-state index is 13.3. The number of amides is 3. The zero-order valence-electron chi connectivity index (χ0n) is 23.2. The predicted molar refractivity (Wildman–Crippen MR) is 173 cm³/mol. The summed E-state index contributed by atoms with van der Waals surface area (Å²) in [6.07, 6.45) is 1.48. The zero-order valence-corrected chi connectivity index (χ0v) is 25.5. The van der Waals surface area contributed by atoms with Crippen LogP contribution in [0.4, 0.5) is 11.4 Å². The first-order valence-corrected chi connectivity index (χ1v) is 14.7. The van der Waals surface area contributed by atoms with Crippen LogP contribution < -0.4 is 16.0 Å². The zero-order chi connectivity index (χ0) is 30.2. The van der Waals surface area contributed by atoms with Crippen LogP contribution in [-0.2, 0) is 9.59 Å². The van der Waals surface area contributed by atoms with Gasteiger partial charge in [-0.25, -0.2) is 0 Å². The Hall–Kier alpha value is -4.04. The molecule has 4 aromatic rings. The number of rotatable bonds is 9. The quantitative estimate of drug-likeness (QED) is 0.131. The van der Waals surface area contributed by atoms with Gasteiger partial charge in [0.25, 0.3) is 11.8 Å². The molecule has 42 heavy (non-hydrogen) atoms. The first-order chi connectivity index (χ1) is 20.1. The lowest BCUT2D eigenvalue weighted by atomic mass is 10.1. The monoisotopic (exact) mass is 617 g/mol. The van der Waals surface area contributed by atoms with Crippen LogP contribution in [0.25, 0.3) is 6.08 Å². The van der Waals surface area contributed by atoms with Crippen LogP contribution in [0.1, 0.15) is 34.0 Å². The number of carbonyl (C=O) groups excluding carboxylic acids is 3. The van der Waals surface area contributed by atoms with Crippen molar-refractivity contribution in [3.8, 4) is 0 Å². The van der Waals surface area contributed by atoms with Gasteiger partial charge in [0, 0.05) is 21.8 Å². The molecule has 9 heteroatoms. The first kappa shape index (κ1) is 30.9. The third-order valence-corrected chi connectivity index (χ3v) is 8.41. The highest BCUT2D eigenvalue weighted by Gasteiger charge is 2.18. The van der Waals surface area contributed by atoms with Crippen LogP contribution in [0.3, 0.4) is 0 Å². The highest BCUT2D eigenvalue weighted by molar-refractivity contribution is 8.00. The molecular weight excluding hydrogens is 589 g/mol. The highest BCUT2D eigenvalue weighted by Crippen LogP contribution is 2.28. The minimum absolute atomic E-state index is 0.0109. The highest BCUT2D eigenvalue weighted by atomic mass is 35.5. The van der Waals surface area contributed by atoms with E-state index >= 15 is 0 Å². The molecule has 4 aromatic carbocycles. The van der Waals surface area contributed by atoms with Gasteiger partial charge in [0.1, 0.15) is 5.70 Å². The smallest absolute Gasteiger partial charge is 0.272 e. The van der Waals surface area contributed by atoms with E-state index in [0.29, 0.717) is 21.8 Å². The molecule has 0 bridgehead atoms.